The second-order valence-corrected chi connectivity index (χ2v) is 5.43. The van der Waals surface area contributed by atoms with Gasteiger partial charge in [-0.3, -0.25) is 5.41 Å². The maximum atomic E-state index is 7.49. The number of aromatic nitrogens is 2. The van der Waals surface area contributed by atoms with E-state index in [2.05, 4.69) is 31.1 Å². The molecule has 0 bridgehead atoms. The molecule has 2 rings (SSSR count). The van der Waals surface area contributed by atoms with Crippen LogP contribution in [0.2, 0.25) is 0 Å². The smallest absolute Gasteiger partial charge is 0.248 e. The van der Waals surface area contributed by atoms with E-state index in [1.165, 1.54) is 0 Å². The van der Waals surface area contributed by atoms with Gasteiger partial charge in [0.15, 0.2) is 11.1 Å². The van der Waals surface area contributed by atoms with E-state index in [1.54, 1.807) is 0 Å². The minimum Gasteiger partial charge on any atom is -0.420 e. The molecule has 5 N–H and O–H groups in total. The Bertz CT molecular complexity index is 652. The number of halogens is 1. The molecule has 0 atom stereocenters. The van der Waals surface area contributed by atoms with E-state index in [1.807, 2.05) is 24.3 Å². The molecule has 0 spiro atoms. The minimum absolute atomic E-state index is 0.00867. The fraction of sp³-hybridized carbons (Fsp3) is 0.0909. The average Bonchev–Trinajstić information content (AvgIpc) is 2.85. The first kappa shape index (κ1) is 14.5. The Hall–Kier alpha value is -1.87. The maximum absolute atomic E-state index is 7.49. The Kier molecular flexibility index (Phi) is 4.74. The Morgan fingerprint density at radius 1 is 1.35 bits per heavy atom. The first-order chi connectivity index (χ1) is 9.56. The Morgan fingerprint density at radius 2 is 2.10 bits per heavy atom. The summed E-state index contributed by atoms with van der Waals surface area (Å²) in [7, 11) is 0. The number of nitrogens with zero attached hydrogens (tertiary/aromatic N) is 3. The van der Waals surface area contributed by atoms with Crippen LogP contribution in [0.15, 0.2) is 38.1 Å². The van der Waals surface area contributed by atoms with Gasteiger partial charge in [-0.2, -0.15) is 4.99 Å². The Balaban J connectivity index is 2.05. The summed E-state index contributed by atoms with van der Waals surface area (Å²) in [6, 6.07) is 7.54. The molecule has 0 unspecified atom stereocenters. The first-order valence-corrected chi connectivity index (χ1v) is 7.22. The molecule has 0 fully saturated rings. The molecule has 2 aromatic rings. The van der Waals surface area contributed by atoms with E-state index in [0.29, 0.717) is 17.5 Å². The van der Waals surface area contributed by atoms with Crippen LogP contribution in [0.3, 0.4) is 0 Å². The molecule has 0 saturated carbocycles. The van der Waals surface area contributed by atoms with Gasteiger partial charge in [-0.25, -0.2) is 0 Å². The number of aliphatic imine (C=N–C) groups is 1. The number of thioether (sulfide) groups is 1. The molecule has 0 amide bonds. The molecule has 1 aromatic heterocycles. The number of benzene rings is 1. The summed E-state index contributed by atoms with van der Waals surface area (Å²) in [5, 5.41) is 15.4. The van der Waals surface area contributed by atoms with Crippen molar-refractivity contribution >= 4 is 38.8 Å². The van der Waals surface area contributed by atoms with Crippen molar-refractivity contribution in [2.24, 2.45) is 16.5 Å². The Morgan fingerprint density at radius 3 is 2.80 bits per heavy atom. The Labute approximate surface area is 127 Å². The monoisotopic (exact) mass is 354 g/mol. The van der Waals surface area contributed by atoms with Crippen molar-refractivity contribution in [1.82, 2.24) is 10.2 Å². The second-order valence-electron chi connectivity index (χ2n) is 3.61. The highest BCUT2D eigenvalue weighted by atomic mass is 79.9. The summed E-state index contributed by atoms with van der Waals surface area (Å²) in [5.41, 5.74) is 11.2. The summed E-state index contributed by atoms with van der Waals surface area (Å²) < 4.78 is 6.40. The number of nitrogens with one attached hydrogen (secondary N) is 1. The van der Waals surface area contributed by atoms with E-state index in [9.17, 15) is 0 Å². The molecule has 7 nitrogen and oxygen atoms in total. The predicted octanol–water partition coefficient (Wildman–Crippen LogP) is 1.94. The lowest BCUT2D eigenvalue weighted by Gasteiger charge is -1.97. The average molecular weight is 355 g/mol. The van der Waals surface area contributed by atoms with Gasteiger partial charge in [-0.05, 0) is 28.1 Å². The van der Waals surface area contributed by atoms with Crippen LogP contribution < -0.4 is 11.5 Å². The van der Waals surface area contributed by atoms with Gasteiger partial charge in [0.25, 0.3) is 0 Å². The van der Waals surface area contributed by atoms with Gasteiger partial charge in [-0.1, -0.05) is 23.9 Å². The third kappa shape index (κ3) is 3.81. The van der Waals surface area contributed by atoms with E-state index < -0.39 is 0 Å². The zero-order valence-electron chi connectivity index (χ0n) is 10.2. The molecule has 0 saturated heterocycles. The quantitative estimate of drug-likeness (QED) is 0.570. The number of amidine groups is 1. The van der Waals surface area contributed by atoms with Crippen LogP contribution in [0.4, 0.5) is 0 Å². The predicted molar refractivity (Wildman–Crippen MR) is 82.3 cm³/mol. The van der Waals surface area contributed by atoms with Crippen molar-refractivity contribution in [2.75, 3.05) is 0 Å². The summed E-state index contributed by atoms with van der Waals surface area (Å²) in [6.07, 6.45) is 0. The third-order valence-electron chi connectivity index (χ3n) is 2.13. The van der Waals surface area contributed by atoms with Crippen LogP contribution in [-0.2, 0) is 5.75 Å². The SMILES string of the molecule is N=C(N=C(N)N)SCc1nnc(-c2ccccc2Br)o1. The lowest BCUT2D eigenvalue weighted by molar-refractivity contribution is 0.528. The molecule has 104 valence electrons. The van der Waals surface area contributed by atoms with Crippen LogP contribution >= 0.6 is 27.7 Å². The molecule has 1 heterocycles. The van der Waals surface area contributed by atoms with Crippen LogP contribution in [0.5, 0.6) is 0 Å². The van der Waals surface area contributed by atoms with Crippen molar-refractivity contribution in [3.05, 3.63) is 34.6 Å². The standard InChI is InChI=1S/C11H11BrN6OS/c12-7-4-2-1-3-6(7)9-18-17-8(19-9)5-20-11(15)16-10(13)14/h1-4H,5H2,(H5,13,14,15,16). The number of nitrogens with two attached hydrogens (primary N) is 2. The van der Waals surface area contributed by atoms with Crippen LogP contribution in [0.25, 0.3) is 11.5 Å². The number of hydrogen-bond acceptors (Lipinski definition) is 5. The topological polar surface area (TPSA) is 127 Å². The summed E-state index contributed by atoms with van der Waals surface area (Å²) >= 11 is 4.52. The number of guanidine groups is 1. The summed E-state index contributed by atoms with van der Waals surface area (Å²) in [5.74, 6) is 0.993. The summed E-state index contributed by atoms with van der Waals surface area (Å²) in [4.78, 5) is 3.59. The van der Waals surface area contributed by atoms with Gasteiger partial charge in [-0.15, -0.1) is 10.2 Å². The highest BCUT2D eigenvalue weighted by Gasteiger charge is 2.11. The highest BCUT2D eigenvalue weighted by molar-refractivity contribution is 9.10. The maximum Gasteiger partial charge on any atom is 0.248 e. The number of hydrogen-bond donors (Lipinski definition) is 3. The van der Waals surface area contributed by atoms with E-state index in [0.717, 1.165) is 21.8 Å². The van der Waals surface area contributed by atoms with Crippen molar-refractivity contribution < 1.29 is 4.42 Å². The minimum atomic E-state index is -0.151. The van der Waals surface area contributed by atoms with Crippen molar-refractivity contribution in [3.8, 4) is 11.5 Å². The second kappa shape index (κ2) is 6.53. The van der Waals surface area contributed by atoms with Crippen LogP contribution in [0.1, 0.15) is 5.89 Å². The molecule has 0 aliphatic rings. The van der Waals surface area contributed by atoms with Gasteiger partial charge in [0.2, 0.25) is 11.8 Å². The van der Waals surface area contributed by atoms with Gasteiger partial charge >= 0.3 is 0 Å². The van der Waals surface area contributed by atoms with Gasteiger partial charge in [0, 0.05) is 4.47 Å². The van der Waals surface area contributed by atoms with E-state index in [-0.39, 0.29) is 11.1 Å². The largest absolute Gasteiger partial charge is 0.420 e. The van der Waals surface area contributed by atoms with Gasteiger partial charge in [0.1, 0.15) is 0 Å². The molecule has 1 aromatic carbocycles. The lowest BCUT2D eigenvalue weighted by atomic mass is 10.2. The highest BCUT2D eigenvalue weighted by Crippen LogP contribution is 2.27. The molecule has 9 heteroatoms. The zero-order valence-corrected chi connectivity index (χ0v) is 12.6. The normalized spacial score (nSPS) is 10.2. The fourth-order valence-electron chi connectivity index (χ4n) is 1.34. The molecule has 0 aliphatic heterocycles. The lowest BCUT2D eigenvalue weighted by Crippen LogP contribution is -2.23. The van der Waals surface area contributed by atoms with Crippen LogP contribution in [-0.4, -0.2) is 21.3 Å². The fourth-order valence-corrected chi connectivity index (χ4v) is 2.34. The zero-order chi connectivity index (χ0) is 14.5. The number of rotatable bonds is 3. The van der Waals surface area contributed by atoms with Gasteiger partial charge in [0.05, 0.1) is 11.3 Å². The third-order valence-corrected chi connectivity index (χ3v) is 3.58. The van der Waals surface area contributed by atoms with Gasteiger partial charge < -0.3 is 15.9 Å². The molecule has 0 radical (unpaired) electrons. The van der Waals surface area contributed by atoms with Crippen molar-refractivity contribution in [2.45, 2.75) is 5.75 Å². The van der Waals surface area contributed by atoms with Crippen molar-refractivity contribution in [1.29, 1.82) is 5.41 Å². The van der Waals surface area contributed by atoms with Crippen LogP contribution in [0, 0.1) is 5.41 Å². The molecular formula is C11H11BrN6OS. The molecule has 20 heavy (non-hydrogen) atoms. The summed E-state index contributed by atoms with van der Waals surface area (Å²) in [6.45, 7) is 0. The van der Waals surface area contributed by atoms with E-state index >= 15 is 0 Å². The molecular weight excluding hydrogens is 344 g/mol. The van der Waals surface area contributed by atoms with Crippen molar-refractivity contribution in [3.63, 3.8) is 0 Å². The van der Waals surface area contributed by atoms with E-state index in [4.69, 9.17) is 21.3 Å². The first-order valence-electron chi connectivity index (χ1n) is 5.44. The molecule has 0 aliphatic carbocycles.